The van der Waals surface area contributed by atoms with Crippen molar-refractivity contribution in [3.05, 3.63) is 82.7 Å². The third-order valence-corrected chi connectivity index (χ3v) is 6.59. The van der Waals surface area contributed by atoms with E-state index >= 15 is 0 Å². The maximum absolute atomic E-state index is 13.4. The minimum Gasteiger partial charge on any atom is -0.459 e. The molecule has 3 aliphatic rings. The summed E-state index contributed by atoms with van der Waals surface area (Å²) in [4.78, 5) is 26.5. The van der Waals surface area contributed by atoms with Gasteiger partial charge in [0.15, 0.2) is 5.78 Å². The van der Waals surface area contributed by atoms with Gasteiger partial charge in [-0.2, -0.15) is 0 Å². The fourth-order valence-corrected chi connectivity index (χ4v) is 4.99. The minimum absolute atomic E-state index is 0.0615. The van der Waals surface area contributed by atoms with Crippen LogP contribution in [0.4, 0.5) is 0 Å². The molecule has 0 saturated carbocycles. The zero-order valence-electron chi connectivity index (χ0n) is 19.3. The summed E-state index contributed by atoms with van der Waals surface area (Å²) in [5.74, 6) is 0.536. The Balaban J connectivity index is 1.49. The van der Waals surface area contributed by atoms with Crippen LogP contribution in [0, 0.1) is 0 Å². The molecule has 2 heterocycles. The van der Waals surface area contributed by atoms with Gasteiger partial charge in [0.05, 0.1) is 11.7 Å². The second-order valence-electron chi connectivity index (χ2n) is 8.99. The number of carbonyl (C=O) groups is 2. The van der Waals surface area contributed by atoms with Gasteiger partial charge in [-0.1, -0.05) is 30.3 Å². The van der Waals surface area contributed by atoms with Gasteiger partial charge in [-0.3, -0.25) is 4.79 Å². The van der Waals surface area contributed by atoms with Gasteiger partial charge in [-0.25, -0.2) is 4.79 Å². The van der Waals surface area contributed by atoms with E-state index in [-0.39, 0.29) is 18.5 Å². The van der Waals surface area contributed by atoms with Crippen LogP contribution in [0.25, 0.3) is 0 Å². The zero-order valence-corrected chi connectivity index (χ0v) is 19.3. The number of benzene rings is 2. The average Bonchev–Trinajstić information content (AvgIpc) is 3.36. The first kappa shape index (κ1) is 22.4. The fourth-order valence-electron chi connectivity index (χ4n) is 4.99. The quantitative estimate of drug-likeness (QED) is 0.601. The molecule has 2 aliphatic heterocycles. The number of carbonyl (C=O) groups excluding carboxylic acids is 2. The van der Waals surface area contributed by atoms with Crippen LogP contribution in [0.3, 0.4) is 0 Å². The highest BCUT2D eigenvalue weighted by Crippen LogP contribution is 2.43. The van der Waals surface area contributed by atoms with Gasteiger partial charge >= 0.3 is 5.97 Å². The Kier molecular flexibility index (Phi) is 6.50. The first-order valence-electron chi connectivity index (χ1n) is 12.0. The van der Waals surface area contributed by atoms with Gasteiger partial charge in [0.1, 0.15) is 18.1 Å². The Morgan fingerprint density at radius 2 is 1.88 bits per heavy atom. The van der Waals surface area contributed by atoms with Gasteiger partial charge in [0.2, 0.25) is 0 Å². The second-order valence-corrected chi connectivity index (χ2v) is 8.99. The predicted molar refractivity (Wildman–Crippen MR) is 127 cm³/mol. The highest BCUT2D eigenvalue weighted by Gasteiger charge is 2.39. The van der Waals surface area contributed by atoms with E-state index in [2.05, 4.69) is 5.32 Å². The number of allylic oxidation sites excluding steroid dienone is 3. The van der Waals surface area contributed by atoms with Crippen molar-refractivity contribution in [2.45, 2.75) is 51.0 Å². The van der Waals surface area contributed by atoms with Crippen LogP contribution in [0.1, 0.15) is 50.5 Å². The number of ketones is 1. The highest BCUT2D eigenvalue weighted by molar-refractivity contribution is 6.03. The largest absolute Gasteiger partial charge is 0.459 e. The van der Waals surface area contributed by atoms with Crippen molar-refractivity contribution in [1.82, 2.24) is 5.32 Å². The summed E-state index contributed by atoms with van der Waals surface area (Å²) in [5.41, 5.74) is 3.61. The van der Waals surface area contributed by atoms with Crippen LogP contribution in [0.2, 0.25) is 0 Å². The zero-order chi connectivity index (χ0) is 23.5. The molecule has 0 radical (unpaired) electrons. The molecular weight excluding hydrogens is 430 g/mol. The van der Waals surface area contributed by atoms with Crippen molar-refractivity contribution in [2.75, 3.05) is 13.2 Å². The molecule has 0 aromatic heterocycles. The lowest BCUT2D eigenvalue weighted by Gasteiger charge is -2.34. The highest BCUT2D eigenvalue weighted by atomic mass is 16.6. The molecule has 0 unspecified atom stereocenters. The molecule has 5 rings (SSSR count). The summed E-state index contributed by atoms with van der Waals surface area (Å²) in [6.07, 6.45) is 3.88. The Morgan fingerprint density at radius 1 is 1.06 bits per heavy atom. The van der Waals surface area contributed by atoms with E-state index in [9.17, 15) is 9.59 Å². The third kappa shape index (κ3) is 4.64. The van der Waals surface area contributed by atoms with Crippen LogP contribution >= 0.6 is 0 Å². The van der Waals surface area contributed by atoms with E-state index in [1.54, 1.807) is 0 Å². The van der Waals surface area contributed by atoms with Gasteiger partial charge in [0.25, 0.3) is 0 Å². The first-order chi connectivity index (χ1) is 16.6. The summed E-state index contributed by atoms with van der Waals surface area (Å²) in [7, 11) is 0. The topological polar surface area (TPSA) is 73.9 Å². The van der Waals surface area contributed by atoms with Crippen LogP contribution in [-0.4, -0.2) is 31.1 Å². The lowest BCUT2D eigenvalue weighted by molar-refractivity contribution is -0.142. The smallest absolute Gasteiger partial charge is 0.336 e. The van der Waals surface area contributed by atoms with Crippen molar-refractivity contribution in [3.63, 3.8) is 0 Å². The molecule has 176 valence electrons. The molecule has 1 saturated heterocycles. The molecule has 6 nitrogen and oxygen atoms in total. The lowest BCUT2D eigenvalue weighted by atomic mass is 9.75. The number of rotatable bonds is 6. The van der Waals surface area contributed by atoms with Gasteiger partial charge in [0, 0.05) is 35.9 Å². The molecule has 2 atom stereocenters. The summed E-state index contributed by atoms with van der Waals surface area (Å²) >= 11 is 0. The van der Waals surface area contributed by atoms with E-state index in [0.717, 1.165) is 48.4 Å². The standard InChI is InChI=1S/C28H29NO5/c1-18-25(28(31)33-17-22-12-7-15-32-22)26(27-23(29-18)13-6-14-24(27)30)19-8-5-11-21(16-19)34-20-9-3-2-4-10-20/h2-5,8-11,16,22,26,29H,6-7,12-15,17H2,1H3/t22-,26-/m0/s1. The molecule has 0 bridgehead atoms. The maximum Gasteiger partial charge on any atom is 0.336 e. The number of para-hydroxylation sites is 1. The number of hydrogen-bond donors (Lipinski definition) is 1. The van der Waals surface area contributed by atoms with Gasteiger partial charge in [-0.05, 0) is 62.4 Å². The van der Waals surface area contributed by atoms with E-state index < -0.39 is 11.9 Å². The van der Waals surface area contributed by atoms with Crippen molar-refractivity contribution in [2.24, 2.45) is 0 Å². The van der Waals surface area contributed by atoms with Crippen molar-refractivity contribution >= 4 is 11.8 Å². The Bertz CT molecular complexity index is 1140. The fraction of sp³-hybridized carbons (Fsp3) is 0.357. The molecule has 0 amide bonds. The summed E-state index contributed by atoms with van der Waals surface area (Å²) < 4.78 is 17.4. The van der Waals surface area contributed by atoms with Crippen molar-refractivity contribution in [3.8, 4) is 11.5 Å². The number of nitrogens with one attached hydrogen (secondary N) is 1. The summed E-state index contributed by atoms with van der Waals surface area (Å²) in [5, 5.41) is 3.34. The van der Waals surface area contributed by atoms with Crippen molar-refractivity contribution in [1.29, 1.82) is 0 Å². The number of esters is 1. The molecule has 1 aliphatic carbocycles. The van der Waals surface area contributed by atoms with Crippen LogP contribution < -0.4 is 10.1 Å². The molecule has 1 N–H and O–H groups in total. The van der Waals surface area contributed by atoms with Crippen LogP contribution in [0.15, 0.2) is 77.1 Å². The average molecular weight is 460 g/mol. The Hall–Kier alpha value is -3.38. The Morgan fingerprint density at radius 3 is 2.68 bits per heavy atom. The molecule has 6 heteroatoms. The summed E-state index contributed by atoms with van der Waals surface area (Å²) in [6.45, 7) is 2.80. The SMILES string of the molecule is CC1=C(C(=O)OC[C@@H]2CCCO2)[C@H](c2cccc(Oc3ccccc3)c2)C2=C(CCCC2=O)N1. The lowest BCUT2D eigenvalue weighted by Crippen LogP contribution is -2.35. The van der Waals surface area contributed by atoms with Crippen molar-refractivity contribution < 1.29 is 23.8 Å². The monoisotopic (exact) mass is 459 g/mol. The molecule has 1 fully saturated rings. The Labute approximate surface area is 199 Å². The molecule has 0 spiro atoms. The summed E-state index contributed by atoms with van der Waals surface area (Å²) in [6, 6.07) is 17.2. The molecular formula is C28H29NO5. The normalized spacial score (nSPS) is 22.3. The number of hydrogen-bond acceptors (Lipinski definition) is 6. The minimum atomic E-state index is -0.500. The first-order valence-corrected chi connectivity index (χ1v) is 12.0. The molecule has 2 aromatic rings. The predicted octanol–water partition coefficient (Wildman–Crippen LogP) is 5.17. The van der Waals surface area contributed by atoms with E-state index in [1.807, 2.05) is 61.5 Å². The van der Waals surface area contributed by atoms with Gasteiger partial charge in [-0.15, -0.1) is 0 Å². The third-order valence-electron chi connectivity index (χ3n) is 6.59. The van der Waals surface area contributed by atoms with Crippen LogP contribution in [-0.2, 0) is 19.1 Å². The van der Waals surface area contributed by atoms with Gasteiger partial charge < -0.3 is 19.5 Å². The number of dihydropyridines is 1. The van der Waals surface area contributed by atoms with Crippen LogP contribution in [0.5, 0.6) is 11.5 Å². The number of ether oxygens (including phenoxy) is 3. The molecule has 2 aromatic carbocycles. The second kappa shape index (κ2) is 9.85. The maximum atomic E-state index is 13.4. The van der Waals surface area contributed by atoms with E-state index in [1.165, 1.54) is 0 Å². The van der Waals surface area contributed by atoms with E-state index in [0.29, 0.717) is 29.9 Å². The van der Waals surface area contributed by atoms with E-state index in [4.69, 9.17) is 14.2 Å². The number of Topliss-reactive ketones (excluding diaryl/α,β-unsaturated/α-hetero) is 1. The molecule has 34 heavy (non-hydrogen) atoms.